The van der Waals surface area contributed by atoms with Crippen LogP contribution in [0.4, 0.5) is 0 Å². The molecular formula is C10H16N2O. The lowest BCUT2D eigenvalue weighted by Crippen LogP contribution is -2.36. The minimum Gasteiger partial charge on any atom is -0.368 e. The Balaban J connectivity index is 2.66. The summed E-state index contributed by atoms with van der Waals surface area (Å²) < 4.78 is 0. The maximum absolute atomic E-state index is 5.14. The van der Waals surface area contributed by atoms with E-state index < -0.39 is 0 Å². The number of amidine groups is 1. The van der Waals surface area contributed by atoms with Crippen LogP contribution in [0.2, 0.25) is 0 Å². The van der Waals surface area contributed by atoms with E-state index in [9.17, 15) is 0 Å². The second kappa shape index (κ2) is 4.18. The Morgan fingerprint density at radius 1 is 1.62 bits per heavy atom. The van der Waals surface area contributed by atoms with Gasteiger partial charge in [-0.05, 0) is 25.7 Å². The minimum absolute atomic E-state index is 0.0262. The third kappa shape index (κ3) is 2.38. The number of rotatable bonds is 2. The van der Waals surface area contributed by atoms with Crippen molar-refractivity contribution in [3.63, 3.8) is 0 Å². The van der Waals surface area contributed by atoms with Gasteiger partial charge in [-0.15, -0.1) is 0 Å². The monoisotopic (exact) mass is 180 g/mol. The number of oxime groups is 1. The lowest BCUT2D eigenvalue weighted by atomic mass is 10.2. The third-order valence-corrected chi connectivity index (χ3v) is 1.80. The van der Waals surface area contributed by atoms with Gasteiger partial charge in [-0.2, -0.15) is 0 Å². The Morgan fingerprint density at radius 2 is 2.31 bits per heavy atom. The van der Waals surface area contributed by atoms with Crippen LogP contribution in [0, 0.1) is 17.8 Å². The zero-order chi connectivity index (χ0) is 9.84. The van der Waals surface area contributed by atoms with E-state index in [2.05, 4.69) is 35.7 Å². The van der Waals surface area contributed by atoms with Crippen LogP contribution < -0.4 is 0 Å². The molecule has 1 unspecified atom stereocenters. The Hall–Kier alpha value is -1.17. The highest BCUT2D eigenvalue weighted by Crippen LogP contribution is 2.13. The van der Waals surface area contributed by atoms with Crippen LogP contribution in [-0.4, -0.2) is 23.5 Å². The molecule has 0 saturated carbocycles. The minimum atomic E-state index is 0.0262. The lowest BCUT2D eigenvalue weighted by Gasteiger charge is -2.22. The maximum atomic E-state index is 5.14. The van der Waals surface area contributed by atoms with Crippen LogP contribution in [-0.2, 0) is 4.84 Å². The van der Waals surface area contributed by atoms with E-state index in [0.717, 1.165) is 12.4 Å². The summed E-state index contributed by atoms with van der Waals surface area (Å²) in [6.45, 7) is 9.06. The third-order valence-electron chi connectivity index (χ3n) is 1.80. The first kappa shape index (κ1) is 9.91. The van der Waals surface area contributed by atoms with Crippen LogP contribution in [0.3, 0.4) is 0 Å². The van der Waals surface area contributed by atoms with Crippen molar-refractivity contribution in [1.82, 2.24) is 4.90 Å². The molecule has 0 N–H and O–H groups in total. The smallest absolute Gasteiger partial charge is 0.222 e. The van der Waals surface area contributed by atoms with E-state index in [4.69, 9.17) is 4.84 Å². The van der Waals surface area contributed by atoms with Crippen LogP contribution in [0.5, 0.6) is 0 Å². The summed E-state index contributed by atoms with van der Waals surface area (Å²) >= 11 is 0. The molecule has 0 aliphatic carbocycles. The van der Waals surface area contributed by atoms with E-state index in [1.165, 1.54) is 0 Å². The van der Waals surface area contributed by atoms with Crippen LogP contribution in [0.25, 0.3) is 0 Å². The molecule has 1 rings (SSSR count). The van der Waals surface area contributed by atoms with Gasteiger partial charge in [0, 0.05) is 6.54 Å². The molecule has 0 radical (unpaired) electrons. The number of hydrogen-bond donors (Lipinski definition) is 0. The summed E-state index contributed by atoms with van der Waals surface area (Å²) in [6, 6.07) is 0. The van der Waals surface area contributed by atoms with E-state index in [1.54, 1.807) is 6.92 Å². The van der Waals surface area contributed by atoms with Gasteiger partial charge < -0.3 is 9.74 Å². The predicted octanol–water partition coefficient (Wildman–Crippen LogP) is 1.66. The normalized spacial score (nSPS) is 20.8. The SMILES string of the molecule is CC#CC1=NOC(C)N1CC(C)C. The van der Waals surface area contributed by atoms with E-state index >= 15 is 0 Å². The van der Waals surface area contributed by atoms with Gasteiger partial charge in [-0.3, -0.25) is 0 Å². The van der Waals surface area contributed by atoms with Crippen molar-refractivity contribution < 1.29 is 4.84 Å². The molecule has 1 aliphatic heterocycles. The first-order valence-electron chi connectivity index (χ1n) is 4.58. The summed E-state index contributed by atoms with van der Waals surface area (Å²) in [4.78, 5) is 7.23. The fraction of sp³-hybridized carbons (Fsp3) is 0.700. The molecule has 0 aromatic rings. The van der Waals surface area contributed by atoms with Crippen LogP contribution in [0.1, 0.15) is 27.7 Å². The van der Waals surface area contributed by atoms with Crippen molar-refractivity contribution in [3.8, 4) is 11.8 Å². The van der Waals surface area contributed by atoms with Crippen molar-refractivity contribution in [1.29, 1.82) is 0 Å². The zero-order valence-corrected chi connectivity index (χ0v) is 8.66. The van der Waals surface area contributed by atoms with Crippen LogP contribution in [0.15, 0.2) is 5.16 Å². The van der Waals surface area contributed by atoms with Gasteiger partial charge in [0.05, 0.1) is 0 Å². The molecule has 0 aromatic heterocycles. The van der Waals surface area contributed by atoms with E-state index in [1.807, 2.05) is 6.92 Å². The fourth-order valence-electron chi connectivity index (χ4n) is 1.24. The van der Waals surface area contributed by atoms with Crippen molar-refractivity contribution in [2.75, 3.05) is 6.54 Å². The Morgan fingerprint density at radius 3 is 2.85 bits per heavy atom. The number of nitrogens with zero attached hydrogens (tertiary/aromatic N) is 2. The highest BCUT2D eigenvalue weighted by Gasteiger charge is 2.25. The molecule has 3 heteroatoms. The molecule has 0 saturated heterocycles. The van der Waals surface area contributed by atoms with Gasteiger partial charge in [0.25, 0.3) is 0 Å². The van der Waals surface area contributed by atoms with Crippen molar-refractivity contribution >= 4 is 5.84 Å². The molecule has 13 heavy (non-hydrogen) atoms. The van der Waals surface area contributed by atoms with Crippen molar-refractivity contribution in [3.05, 3.63) is 0 Å². The van der Waals surface area contributed by atoms with E-state index in [-0.39, 0.29) is 6.23 Å². The molecule has 3 nitrogen and oxygen atoms in total. The highest BCUT2D eigenvalue weighted by atomic mass is 16.7. The van der Waals surface area contributed by atoms with Gasteiger partial charge in [-0.25, -0.2) is 0 Å². The predicted molar refractivity (Wildman–Crippen MR) is 53.0 cm³/mol. The highest BCUT2D eigenvalue weighted by molar-refractivity contribution is 5.98. The first-order valence-corrected chi connectivity index (χ1v) is 4.58. The zero-order valence-electron chi connectivity index (χ0n) is 8.66. The molecule has 0 bridgehead atoms. The first-order chi connectivity index (χ1) is 6.15. The summed E-state index contributed by atoms with van der Waals surface area (Å²) in [5.74, 6) is 7.11. The van der Waals surface area contributed by atoms with Crippen molar-refractivity contribution in [2.24, 2.45) is 11.1 Å². The molecule has 72 valence electrons. The van der Waals surface area contributed by atoms with Crippen molar-refractivity contribution in [2.45, 2.75) is 33.9 Å². The lowest BCUT2D eigenvalue weighted by molar-refractivity contribution is 0.0214. The van der Waals surface area contributed by atoms with Gasteiger partial charge in [0.2, 0.25) is 5.84 Å². The average molecular weight is 180 g/mol. The average Bonchev–Trinajstić information content (AvgIpc) is 2.36. The molecule has 1 heterocycles. The van der Waals surface area contributed by atoms with Crippen LogP contribution >= 0.6 is 0 Å². The second-order valence-electron chi connectivity index (χ2n) is 3.54. The molecular weight excluding hydrogens is 164 g/mol. The summed E-state index contributed by atoms with van der Waals surface area (Å²) in [5, 5.41) is 3.91. The van der Waals surface area contributed by atoms with Gasteiger partial charge in [-0.1, -0.05) is 24.9 Å². The fourth-order valence-corrected chi connectivity index (χ4v) is 1.24. The topological polar surface area (TPSA) is 24.8 Å². The van der Waals surface area contributed by atoms with E-state index in [0.29, 0.717) is 5.92 Å². The Labute approximate surface area is 79.7 Å². The molecule has 0 aromatic carbocycles. The molecule has 0 fully saturated rings. The summed E-state index contributed by atoms with van der Waals surface area (Å²) in [6.07, 6.45) is 0.0262. The largest absolute Gasteiger partial charge is 0.368 e. The maximum Gasteiger partial charge on any atom is 0.222 e. The quantitative estimate of drug-likeness (QED) is 0.604. The second-order valence-corrected chi connectivity index (χ2v) is 3.54. The Kier molecular flexibility index (Phi) is 3.18. The number of hydrogen-bond acceptors (Lipinski definition) is 3. The van der Waals surface area contributed by atoms with Gasteiger partial charge in [0.15, 0.2) is 6.23 Å². The van der Waals surface area contributed by atoms with Gasteiger partial charge >= 0.3 is 0 Å². The van der Waals surface area contributed by atoms with Gasteiger partial charge in [0.1, 0.15) is 0 Å². The molecule has 0 spiro atoms. The molecule has 1 aliphatic rings. The standard InChI is InChI=1S/C10H16N2O/c1-5-6-10-11-13-9(4)12(10)7-8(2)3/h8-9H,7H2,1-4H3. The summed E-state index contributed by atoms with van der Waals surface area (Å²) in [7, 11) is 0. The Bertz CT molecular complexity index is 260. The molecule has 1 atom stereocenters. The summed E-state index contributed by atoms with van der Waals surface area (Å²) in [5.41, 5.74) is 0. The molecule has 0 amide bonds.